The fourth-order valence-electron chi connectivity index (χ4n) is 3.85. The highest BCUT2D eigenvalue weighted by Gasteiger charge is 2.21. The lowest BCUT2D eigenvalue weighted by atomic mass is 10.0. The van der Waals surface area contributed by atoms with Crippen LogP contribution in [-0.2, 0) is 13.1 Å². The first-order chi connectivity index (χ1) is 14.8. The van der Waals surface area contributed by atoms with Crippen LogP contribution in [0.2, 0.25) is 0 Å². The van der Waals surface area contributed by atoms with E-state index in [-0.39, 0.29) is 0 Å². The third kappa shape index (κ3) is 3.89. The number of furan rings is 1. The van der Waals surface area contributed by atoms with Gasteiger partial charge < -0.3 is 15.5 Å². The van der Waals surface area contributed by atoms with Gasteiger partial charge in [0.1, 0.15) is 0 Å². The van der Waals surface area contributed by atoms with Crippen molar-refractivity contribution in [3.63, 3.8) is 0 Å². The lowest BCUT2D eigenvalue weighted by Crippen LogP contribution is -2.42. The molecule has 0 bridgehead atoms. The number of piperidine rings is 1. The Hall–Kier alpha value is -3.30. The molecule has 1 fully saturated rings. The van der Waals surface area contributed by atoms with E-state index in [0.29, 0.717) is 23.6 Å². The predicted octanol–water partition coefficient (Wildman–Crippen LogP) is 2.12. The number of rotatable bonds is 6. The van der Waals surface area contributed by atoms with Gasteiger partial charge in [0.05, 0.1) is 12.0 Å². The molecule has 30 heavy (non-hydrogen) atoms. The maximum atomic E-state index is 6.02. The molecule has 1 aliphatic heterocycles. The Morgan fingerprint density at radius 1 is 1.13 bits per heavy atom. The van der Waals surface area contributed by atoms with E-state index in [1.807, 2.05) is 30.5 Å². The van der Waals surface area contributed by atoms with Gasteiger partial charge in [-0.25, -0.2) is 9.97 Å². The molecule has 0 aliphatic carbocycles. The summed E-state index contributed by atoms with van der Waals surface area (Å²) in [6.07, 6.45) is 7.43. The minimum Gasteiger partial charge on any atom is -0.461 e. The number of nitrogens with two attached hydrogens (primary N) is 1. The zero-order valence-electron chi connectivity index (χ0n) is 16.6. The minimum atomic E-state index is 0.316. The largest absolute Gasteiger partial charge is 0.461 e. The highest BCUT2D eigenvalue weighted by Crippen LogP contribution is 2.21. The lowest BCUT2D eigenvalue weighted by molar-refractivity contribution is 0.190. The van der Waals surface area contributed by atoms with Crippen molar-refractivity contribution in [2.45, 2.75) is 32.0 Å². The smallest absolute Gasteiger partial charge is 0.223 e. The second-order valence-electron chi connectivity index (χ2n) is 7.54. The summed E-state index contributed by atoms with van der Waals surface area (Å²) in [7, 11) is 0. The van der Waals surface area contributed by atoms with Crippen molar-refractivity contribution in [3.05, 3.63) is 60.2 Å². The van der Waals surface area contributed by atoms with Crippen molar-refractivity contribution < 1.29 is 4.42 Å². The van der Waals surface area contributed by atoms with Gasteiger partial charge in [-0.15, -0.1) is 5.10 Å². The molecule has 0 aromatic carbocycles. The van der Waals surface area contributed by atoms with Crippen LogP contribution in [0.1, 0.15) is 24.1 Å². The molecule has 0 radical (unpaired) electrons. The Labute approximate surface area is 174 Å². The number of fused-ring (bicyclic) bond motifs is 1. The zero-order chi connectivity index (χ0) is 20.3. The number of nitrogens with one attached hydrogen (secondary N) is 1. The molecule has 4 aromatic heterocycles. The molecule has 3 N–H and O–H groups in total. The summed E-state index contributed by atoms with van der Waals surface area (Å²) in [6.45, 7) is 3.59. The van der Waals surface area contributed by atoms with Crippen LogP contribution in [0, 0.1) is 0 Å². The topological polar surface area (TPSA) is 110 Å². The number of nitrogens with zero attached hydrogens (tertiary/aromatic N) is 6. The summed E-state index contributed by atoms with van der Waals surface area (Å²) in [6, 6.07) is 10.2. The van der Waals surface area contributed by atoms with E-state index in [2.05, 4.69) is 36.3 Å². The van der Waals surface area contributed by atoms with E-state index in [4.69, 9.17) is 10.2 Å². The number of nitrogen functional groups attached to an aromatic ring is 1. The molecule has 1 aliphatic rings. The third-order valence-electron chi connectivity index (χ3n) is 5.49. The Morgan fingerprint density at radius 2 is 2.03 bits per heavy atom. The molecule has 9 heteroatoms. The summed E-state index contributed by atoms with van der Waals surface area (Å²) in [5, 5.41) is 8.09. The number of likely N-dealkylation sites (tertiary alicyclic amines) is 1. The van der Waals surface area contributed by atoms with Crippen LogP contribution in [0.4, 0.5) is 5.95 Å². The maximum absolute atomic E-state index is 6.02. The van der Waals surface area contributed by atoms with Crippen molar-refractivity contribution in [2.75, 3.05) is 18.8 Å². The van der Waals surface area contributed by atoms with Gasteiger partial charge in [-0.2, -0.15) is 4.52 Å². The van der Waals surface area contributed by atoms with E-state index in [0.717, 1.165) is 55.9 Å². The maximum Gasteiger partial charge on any atom is 0.223 e. The fraction of sp³-hybridized carbons (Fsp3) is 0.333. The fourth-order valence-corrected chi connectivity index (χ4v) is 3.85. The van der Waals surface area contributed by atoms with Crippen LogP contribution >= 0.6 is 0 Å². The molecule has 1 saturated heterocycles. The molecule has 0 atom stereocenters. The standard InChI is InChI=1S/C21H24N8O/c22-21-25-12-15(20-26-19(27-29(20)21)18-5-3-11-30-18)14-28-9-6-16(7-10-28)24-13-17-4-1-2-8-23-17/h1-5,8,11-12,16,24H,6-7,9-10,13-14H2,(H2,22,25). The lowest BCUT2D eigenvalue weighted by Gasteiger charge is -2.32. The molecule has 5 rings (SSSR count). The molecular weight excluding hydrogens is 380 g/mol. The van der Waals surface area contributed by atoms with Gasteiger partial charge in [-0.1, -0.05) is 6.07 Å². The Balaban J connectivity index is 1.24. The molecule has 5 heterocycles. The van der Waals surface area contributed by atoms with Gasteiger partial charge in [-0.05, 0) is 50.2 Å². The second kappa shape index (κ2) is 8.21. The van der Waals surface area contributed by atoms with E-state index in [9.17, 15) is 0 Å². The van der Waals surface area contributed by atoms with Crippen molar-refractivity contribution in [2.24, 2.45) is 0 Å². The first kappa shape index (κ1) is 18.7. The number of hydrogen-bond donors (Lipinski definition) is 2. The highest BCUT2D eigenvalue weighted by atomic mass is 16.3. The third-order valence-corrected chi connectivity index (χ3v) is 5.49. The van der Waals surface area contributed by atoms with Crippen molar-refractivity contribution in [1.29, 1.82) is 0 Å². The SMILES string of the molecule is Nc1ncc(CN2CCC(NCc3ccccn3)CC2)c2nc(-c3ccco3)nn12. The van der Waals surface area contributed by atoms with Crippen LogP contribution < -0.4 is 11.1 Å². The molecule has 0 unspecified atom stereocenters. The van der Waals surface area contributed by atoms with Crippen molar-refractivity contribution in [3.8, 4) is 11.6 Å². The highest BCUT2D eigenvalue weighted by molar-refractivity contribution is 5.57. The molecule has 154 valence electrons. The van der Waals surface area contributed by atoms with E-state index < -0.39 is 0 Å². The van der Waals surface area contributed by atoms with Gasteiger partial charge in [0.2, 0.25) is 11.8 Å². The molecule has 0 saturated carbocycles. The molecule has 0 amide bonds. The van der Waals surface area contributed by atoms with Crippen LogP contribution in [-0.4, -0.2) is 48.6 Å². The Bertz CT molecular complexity index is 1100. The van der Waals surface area contributed by atoms with Crippen LogP contribution in [0.25, 0.3) is 17.2 Å². The van der Waals surface area contributed by atoms with E-state index in [1.165, 1.54) is 0 Å². The second-order valence-corrected chi connectivity index (χ2v) is 7.54. The van der Waals surface area contributed by atoms with Gasteiger partial charge >= 0.3 is 0 Å². The summed E-state index contributed by atoms with van der Waals surface area (Å²) in [5.41, 5.74) is 8.83. The van der Waals surface area contributed by atoms with Crippen LogP contribution in [0.3, 0.4) is 0 Å². The molecule has 0 spiro atoms. The first-order valence-corrected chi connectivity index (χ1v) is 10.2. The van der Waals surface area contributed by atoms with Gasteiger partial charge in [0.15, 0.2) is 11.4 Å². The minimum absolute atomic E-state index is 0.316. The Morgan fingerprint density at radius 3 is 2.80 bits per heavy atom. The van der Waals surface area contributed by atoms with Gasteiger partial charge in [0, 0.05) is 37.1 Å². The zero-order valence-corrected chi connectivity index (χ0v) is 16.6. The first-order valence-electron chi connectivity index (χ1n) is 10.2. The van der Waals surface area contributed by atoms with Gasteiger partial charge in [0.25, 0.3) is 0 Å². The Kier molecular flexibility index (Phi) is 5.12. The van der Waals surface area contributed by atoms with E-state index in [1.54, 1.807) is 17.0 Å². The van der Waals surface area contributed by atoms with Crippen LogP contribution in [0.5, 0.6) is 0 Å². The summed E-state index contributed by atoms with van der Waals surface area (Å²) >= 11 is 0. The predicted molar refractivity (Wildman–Crippen MR) is 112 cm³/mol. The average molecular weight is 404 g/mol. The molecule has 4 aromatic rings. The number of hydrogen-bond acceptors (Lipinski definition) is 8. The summed E-state index contributed by atoms with van der Waals surface area (Å²) in [4.78, 5) is 15.8. The number of aromatic nitrogens is 5. The monoisotopic (exact) mass is 404 g/mol. The van der Waals surface area contributed by atoms with Crippen molar-refractivity contribution in [1.82, 2.24) is 34.8 Å². The summed E-state index contributed by atoms with van der Waals surface area (Å²) < 4.78 is 7.02. The van der Waals surface area contributed by atoms with Crippen LogP contribution in [0.15, 0.2) is 53.4 Å². The quantitative estimate of drug-likeness (QED) is 0.503. The summed E-state index contributed by atoms with van der Waals surface area (Å²) in [5.74, 6) is 1.44. The van der Waals surface area contributed by atoms with Crippen molar-refractivity contribution >= 4 is 11.6 Å². The average Bonchev–Trinajstić information content (AvgIpc) is 3.46. The molecular formula is C21H24N8O. The van der Waals surface area contributed by atoms with Gasteiger partial charge in [-0.3, -0.25) is 9.88 Å². The number of pyridine rings is 1. The van der Waals surface area contributed by atoms with E-state index >= 15 is 0 Å². The molecule has 9 nitrogen and oxygen atoms in total. The normalized spacial score (nSPS) is 15.7. The number of anilines is 1.